The first kappa shape index (κ1) is 20.5. The molecule has 0 spiro atoms. The van der Waals surface area contributed by atoms with Gasteiger partial charge in [0.2, 0.25) is 0 Å². The highest BCUT2D eigenvalue weighted by Gasteiger charge is 2.31. The zero-order valence-corrected chi connectivity index (χ0v) is 16.3. The van der Waals surface area contributed by atoms with Gasteiger partial charge in [-0.05, 0) is 54.6 Å². The average Bonchev–Trinajstić information content (AvgIpc) is 3.12. The van der Waals surface area contributed by atoms with Crippen LogP contribution < -0.4 is 15.6 Å². The van der Waals surface area contributed by atoms with Crippen LogP contribution in [0.25, 0.3) is 16.7 Å². The first-order valence-electron chi connectivity index (χ1n) is 8.87. The van der Waals surface area contributed by atoms with Crippen LogP contribution in [0.2, 0.25) is 5.02 Å². The molecule has 2 aromatic carbocycles. The van der Waals surface area contributed by atoms with E-state index in [0.717, 1.165) is 12.1 Å². The van der Waals surface area contributed by atoms with E-state index in [9.17, 15) is 22.8 Å². The van der Waals surface area contributed by atoms with Crippen LogP contribution in [-0.2, 0) is 0 Å². The van der Waals surface area contributed by atoms with E-state index in [2.05, 4.69) is 15.0 Å². The molecule has 0 saturated heterocycles. The second kappa shape index (κ2) is 7.84. The summed E-state index contributed by atoms with van der Waals surface area (Å²) in [5, 5.41) is 3.72. The Morgan fingerprint density at radius 3 is 2.45 bits per heavy atom. The molecule has 0 bridgehead atoms. The van der Waals surface area contributed by atoms with Crippen molar-refractivity contribution in [3.8, 4) is 11.4 Å². The highest BCUT2D eigenvalue weighted by atomic mass is 35.5. The Labute approximate surface area is 177 Å². The van der Waals surface area contributed by atoms with Gasteiger partial charge in [0.15, 0.2) is 0 Å². The zero-order chi connectivity index (χ0) is 22.2. The van der Waals surface area contributed by atoms with Crippen molar-refractivity contribution in [1.29, 1.82) is 0 Å². The molecule has 10 heteroatoms. The Hall–Kier alpha value is -3.72. The van der Waals surface area contributed by atoms with Crippen LogP contribution in [0.1, 0.15) is 10.5 Å². The topological polar surface area (TPSA) is 76.1 Å². The number of benzene rings is 2. The van der Waals surface area contributed by atoms with Gasteiger partial charge in [-0.2, -0.15) is 0 Å². The maximum Gasteiger partial charge on any atom is 0.573 e. The van der Waals surface area contributed by atoms with Gasteiger partial charge in [0.05, 0.1) is 5.69 Å². The van der Waals surface area contributed by atoms with Crippen molar-refractivity contribution in [3.63, 3.8) is 0 Å². The number of carbonyl (C=O) groups is 1. The van der Waals surface area contributed by atoms with Gasteiger partial charge in [0, 0.05) is 22.2 Å². The number of amides is 1. The van der Waals surface area contributed by atoms with Gasteiger partial charge in [-0.1, -0.05) is 17.7 Å². The predicted molar refractivity (Wildman–Crippen MR) is 110 cm³/mol. The molecule has 4 aromatic rings. The molecule has 0 atom stereocenters. The van der Waals surface area contributed by atoms with Gasteiger partial charge in [-0.15, -0.1) is 13.2 Å². The number of rotatable bonds is 4. The fourth-order valence-electron chi connectivity index (χ4n) is 3.06. The number of pyridine rings is 1. The number of nitrogens with one attached hydrogen (secondary N) is 2. The summed E-state index contributed by atoms with van der Waals surface area (Å²) < 4.78 is 42.2. The van der Waals surface area contributed by atoms with E-state index >= 15 is 0 Å². The van der Waals surface area contributed by atoms with Gasteiger partial charge < -0.3 is 15.0 Å². The van der Waals surface area contributed by atoms with Crippen LogP contribution in [0.4, 0.5) is 18.9 Å². The van der Waals surface area contributed by atoms with Gasteiger partial charge in [0.25, 0.3) is 11.5 Å². The number of hydrogen-bond donors (Lipinski definition) is 2. The Bertz CT molecular complexity index is 1330. The SMILES string of the molecule is O=C(Nc1cccc(Cl)c1)c1cc2ccc(=O)n(-c3ccc(OC(F)(F)F)cc3)c2[nH]1. The number of H-pyrrole nitrogens is 1. The van der Waals surface area contributed by atoms with E-state index in [0.29, 0.717) is 27.4 Å². The molecule has 0 radical (unpaired) electrons. The summed E-state index contributed by atoms with van der Waals surface area (Å²) in [6.07, 6.45) is -4.82. The molecule has 1 amide bonds. The third-order valence-electron chi connectivity index (χ3n) is 4.33. The van der Waals surface area contributed by atoms with Crippen LogP contribution in [-0.4, -0.2) is 21.8 Å². The van der Waals surface area contributed by atoms with Crippen LogP contribution in [0, 0.1) is 0 Å². The second-order valence-corrected chi connectivity index (χ2v) is 6.94. The normalized spacial score (nSPS) is 11.5. The van der Waals surface area contributed by atoms with Crippen LogP contribution in [0.5, 0.6) is 5.75 Å². The summed E-state index contributed by atoms with van der Waals surface area (Å²) in [5.41, 5.74) is 0.864. The van der Waals surface area contributed by atoms with Crippen LogP contribution in [0.15, 0.2) is 71.5 Å². The summed E-state index contributed by atoms with van der Waals surface area (Å²) in [7, 11) is 0. The lowest BCUT2D eigenvalue weighted by Gasteiger charge is -2.11. The number of halogens is 4. The van der Waals surface area contributed by atoms with E-state index in [4.69, 9.17) is 11.6 Å². The second-order valence-electron chi connectivity index (χ2n) is 6.50. The Morgan fingerprint density at radius 1 is 1.03 bits per heavy atom. The first-order valence-corrected chi connectivity index (χ1v) is 9.25. The maximum absolute atomic E-state index is 12.6. The number of aromatic amines is 1. The molecule has 0 saturated carbocycles. The monoisotopic (exact) mass is 447 g/mol. The Morgan fingerprint density at radius 2 is 1.77 bits per heavy atom. The lowest BCUT2D eigenvalue weighted by molar-refractivity contribution is -0.274. The van der Waals surface area contributed by atoms with E-state index in [-0.39, 0.29) is 5.69 Å². The minimum atomic E-state index is -4.82. The zero-order valence-electron chi connectivity index (χ0n) is 15.5. The van der Waals surface area contributed by atoms with Gasteiger partial charge >= 0.3 is 6.36 Å². The minimum Gasteiger partial charge on any atom is -0.406 e. The van der Waals surface area contributed by atoms with Gasteiger partial charge in [-0.25, -0.2) is 0 Å². The quantitative estimate of drug-likeness (QED) is 0.455. The smallest absolute Gasteiger partial charge is 0.406 e. The Balaban J connectivity index is 1.69. The summed E-state index contributed by atoms with van der Waals surface area (Å²) in [4.78, 5) is 28.0. The highest BCUT2D eigenvalue weighted by Crippen LogP contribution is 2.25. The van der Waals surface area contributed by atoms with Crippen molar-refractivity contribution in [3.05, 3.63) is 87.8 Å². The van der Waals surface area contributed by atoms with Crippen molar-refractivity contribution >= 4 is 34.2 Å². The van der Waals surface area contributed by atoms with Gasteiger partial charge in [0.1, 0.15) is 17.1 Å². The van der Waals surface area contributed by atoms with Crippen molar-refractivity contribution in [1.82, 2.24) is 9.55 Å². The molecule has 0 fully saturated rings. The summed E-state index contributed by atoms with van der Waals surface area (Å²) in [6, 6.07) is 15.9. The number of aromatic nitrogens is 2. The third kappa shape index (κ3) is 4.56. The molecule has 2 aromatic heterocycles. The molecular weight excluding hydrogens is 435 g/mol. The summed E-state index contributed by atoms with van der Waals surface area (Å²) >= 11 is 5.92. The molecule has 158 valence electrons. The minimum absolute atomic E-state index is 0.186. The van der Waals surface area contributed by atoms with Crippen molar-refractivity contribution in [2.75, 3.05) is 5.32 Å². The molecule has 0 unspecified atom stereocenters. The fraction of sp³-hybridized carbons (Fsp3) is 0.0476. The standard InChI is InChI=1S/C21H13ClF3N3O3/c22-13-2-1-3-14(11-13)26-20(30)17-10-12-4-9-18(29)28(19(12)27-17)15-5-7-16(8-6-15)31-21(23,24)25/h1-11,27H,(H,26,30). The molecule has 0 aliphatic heterocycles. The first-order chi connectivity index (χ1) is 14.7. The Kier molecular flexibility index (Phi) is 5.20. The lowest BCUT2D eigenvalue weighted by Crippen LogP contribution is -2.19. The largest absolute Gasteiger partial charge is 0.573 e. The van der Waals surface area contributed by atoms with E-state index in [1.54, 1.807) is 36.4 Å². The van der Waals surface area contributed by atoms with Gasteiger partial charge in [-0.3, -0.25) is 14.2 Å². The molecule has 0 aliphatic carbocycles. The number of hydrogen-bond acceptors (Lipinski definition) is 3. The molecule has 2 N–H and O–H groups in total. The van der Waals surface area contributed by atoms with Crippen molar-refractivity contribution < 1.29 is 22.7 Å². The number of nitrogens with zero attached hydrogens (tertiary/aromatic N) is 1. The van der Waals surface area contributed by atoms with E-state index in [1.807, 2.05) is 0 Å². The third-order valence-corrected chi connectivity index (χ3v) is 4.57. The fourth-order valence-corrected chi connectivity index (χ4v) is 3.25. The number of ether oxygens (including phenoxy) is 1. The van der Waals surface area contributed by atoms with Crippen molar-refractivity contribution in [2.24, 2.45) is 0 Å². The maximum atomic E-state index is 12.6. The van der Waals surface area contributed by atoms with Crippen molar-refractivity contribution in [2.45, 2.75) is 6.36 Å². The van der Waals surface area contributed by atoms with E-state index in [1.165, 1.54) is 22.8 Å². The predicted octanol–water partition coefficient (Wildman–Crippen LogP) is 5.12. The molecule has 0 aliphatic rings. The molecule has 2 heterocycles. The number of carbonyl (C=O) groups excluding carboxylic acids is 1. The molecule has 4 rings (SSSR count). The molecule has 6 nitrogen and oxygen atoms in total. The summed E-state index contributed by atoms with van der Waals surface area (Å²) in [5.74, 6) is -0.865. The number of fused-ring (bicyclic) bond motifs is 1. The average molecular weight is 448 g/mol. The lowest BCUT2D eigenvalue weighted by atomic mass is 10.2. The van der Waals surface area contributed by atoms with Crippen LogP contribution >= 0.6 is 11.6 Å². The molecule has 31 heavy (non-hydrogen) atoms. The van der Waals surface area contributed by atoms with Crippen LogP contribution in [0.3, 0.4) is 0 Å². The summed E-state index contributed by atoms with van der Waals surface area (Å²) in [6.45, 7) is 0. The molecular formula is C21H13ClF3N3O3. The highest BCUT2D eigenvalue weighted by molar-refractivity contribution is 6.31. The number of anilines is 1. The number of alkyl halides is 3. The van der Waals surface area contributed by atoms with E-state index < -0.39 is 23.6 Å².